The molecule has 92 valence electrons. The Morgan fingerprint density at radius 1 is 1.50 bits per heavy atom. The summed E-state index contributed by atoms with van der Waals surface area (Å²) >= 11 is 0. The van der Waals surface area contributed by atoms with Gasteiger partial charge in [-0.3, -0.25) is 4.79 Å². The molecule has 1 fully saturated rings. The van der Waals surface area contributed by atoms with E-state index in [0.29, 0.717) is 26.1 Å². The fraction of sp³-hybridized carbons (Fsp3) is 0.800. The zero-order valence-electron chi connectivity index (χ0n) is 9.71. The van der Waals surface area contributed by atoms with Crippen LogP contribution in [0.2, 0.25) is 0 Å². The summed E-state index contributed by atoms with van der Waals surface area (Å²) in [5.41, 5.74) is 0. The predicted octanol–water partition coefficient (Wildman–Crippen LogP) is -0.873. The van der Waals surface area contributed by atoms with E-state index in [4.69, 9.17) is 0 Å². The van der Waals surface area contributed by atoms with E-state index in [2.05, 4.69) is 16.0 Å². The van der Waals surface area contributed by atoms with Crippen LogP contribution in [-0.4, -0.2) is 56.1 Å². The third-order valence-corrected chi connectivity index (χ3v) is 2.41. The average Bonchev–Trinajstić information content (AvgIpc) is 2.64. The number of nitrogens with zero attached hydrogens (tertiary/aromatic N) is 1. The molecule has 0 spiro atoms. The summed E-state index contributed by atoms with van der Waals surface area (Å²) in [7, 11) is 0. The molecular weight excluding hydrogens is 208 g/mol. The van der Waals surface area contributed by atoms with Gasteiger partial charge >= 0.3 is 6.03 Å². The molecule has 0 aromatic carbocycles. The lowest BCUT2D eigenvalue weighted by Gasteiger charge is -2.14. The normalized spacial score (nSPS) is 15.1. The molecule has 1 heterocycles. The summed E-state index contributed by atoms with van der Waals surface area (Å²) in [5.74, 6) is 0.0638. The molecule has 6 heteroatoms. The van der Waals surface area contributed by atoms with Gasteiger partial charge in [-0.1, -0.05) is 0 Å². The van der Waals surface area contributed by atoms with Gasteiger partial charge in [-0.25, -0.2) is 4.79 Å². The molecule has 3 amide bonds. The molecule has 6 nitrogen and oxygen atoms in total. The van der Waals surface area contributed by atoms with Crippen LogP contribution in [0, 0.1) is 0 Å². The topological polar surface area (TPSA) is 73.5 Å². The highest BCUT2D eigenvalue weighted by Crippen LogP contribution is 1.94. The zero-order chi connectivity index (χ0) is 11.8. The molecule has 1 rings (SSSR count). The van der Waals surface area contributed by atoms with Gasteiger partial charge in [0.1, 0.15) is 0 Å². The van der Waals surface area contributed by atoms with Gasteiger partial charge in [-0.2, -0.15) is 0 Å². The molecule has 0 aromatic heterocycles. The SMILES string of the molecule is CCNC(=O)CCNCCN1CCNC1=O. The van der Waals surface area contributed by atoms with Gasteiger partial charge in [0, 0.05) is 45.7 Å². The fourth-order valence-electron chi connectivity index (χ4n) is 1.55. The number of amides is 3. The van der Waals surface area contributed by atoms with Crippen LogP contribution in [0.3, 0.4) is 0 Å². The highest BCUT2D eigenvalue weighted by Gasteiger charge is 2.17. The number of carbonyl (C=O) groups is 2. The van der Waals surface area contributed by atoms with Gasteiger partial charge in [0.05, 0.1) is 0 Å². The van der Waals surface area contributed by atoms with E-state index in [-0.39, 0.29) is 11.9 Å². The van der Waals surface area contributed by atoms with Crippen molar-refractivity contribution in [1.82, 2.24) is 20.9 Å². The van der Waals surface area contributed by atoms with Crippen LogP contribution in [0.25, 0.3) is 0 Å². The van der Waals surface area contributed by atoms with Crippen molar-refractivity contribution in [2.75, 3.05) is 39.3 Å². The minimum absolute atomic E-state index is 0.00512. The van der Waals surface area contributed by atoms with Crippen LogP contribution < -0.4 is 16.0 Å². The minimum Gasteiger partial charge on any atom is -0.356 e. The largest absolute Gasteiger partial charge is 0.356 e. The van der Waals surface area contributed by atoms with Crippen LogP contribution in [0.15, 0.2) is 0 Å². The van der Waals surface area contributed by atoms with Crippen LogP contribution >= 0.6 is 0 Å². The number of hydrogen-bond acceptors (Lipinski definition) is 3. The maximum atomic E-state index is 11.2. The summed E-state index contributed by atoms with van der Waals surface area (Å²) in [6, 6.07) is 0.00512. The molecule has 0 bridgehead atoms. The Hall–Kier alpha value is -1.30. The minimum atomic E-state index is 0.00512. The molecule has 0 atom stereocenters. The maximum absolute atomic E-state index is 11.2. The molecule has 1 aliphatic heterocycles. The first-order valence-corrected chi connectivity index (χ1v) is 5.74. The van der Waals surface area contributed by atoms with Crippen LogP contribution in [0.4, 0.5) is 4.79 Å². The van der Waals surface area contributed by atoms with Crippen molar-refractivity contribution < 1.29 is 9.59 Å². The smallest absolute Gasteiger partial charge is 0.317 e. The molecule has 0 radical (unpaired) electrons. The Balaban J connectivity index is 1.95. The van der Waals surface area contributed by atoms with E-state index in [0.717, 1.165) is 19.6 Å². The molecule has 0 saturated carbocycles. The Morgan fingerprint density at radius 3 is 2.94 bits per heavy atom. The summed E-state index contributed by atoms with van der Waals surface area (Å²) in [5, 5.41) is 8.61. The second-order valence-electron chi connectivity index (χ2n) is 3.67. The van der Waals surface area contributed by atoms with E-state index in [9.17, 15) is 9.59 Å². The lowest BCUT2D eigenvalue weighted by molar-refractivity contribution is -0.120. The standard InChI is InChI=1S/C10H20N4O2/c1-2-12-9(15)3-4-11-5-7-14-8-6-13-10(14)16/h11H,2-8H2,1H3,(H,12,15)(H,13,16). The third-order valence-electron chi connectivity index (χ3n) is 2.41. The van der Waals surface area contributed by atoms with Gasteiger partial charge in [-0.15, -0.1) is 0 Å². The number of nitrogens with one attached hydrogen (secondary N) is 3. The lowest BCUT2D eigenvalue weighted by Crippen LogP contribution is -2.36. The Kier molecular flexibility index (Phi) is 5.63. The van der Waals surface area contributed by atoms with Crippen molar-refractivity contribution >= 4 is 11.9 Å². The average molecular weight is 228 g/mol. The molecule has 1 aliphatic rings. The van der Waals surface area contributed by atoms with E-state index in [1.807, 2.05) is 6.92 Å². The summed E-state index contributed by atoms with van der Waals surface area (Å²) < 4.78 is 0. The van der Waals surface area contributed by atoms with Crippen molar-refractivity contribution in [3.05, 3.63) is 0 Å². The van der Waals surface area contributed by atoms with Crippen molar-refractivity contribution in [3.8, 4) is 0 Å². The Labute approximate surface area is 95.8 Å². The zero-order valence-corrected chi connectivity index (χ0v) is 9.71. The monoisotopic (exact) mass is 228 g/mol. The van der Waals surface area contributed by atoms with Gasteiger partial charge in [0.25, 0.3) is 0 Å². The maximum Gasteiger partial charge on any atom is 0.317 e. The van der Waals surface area contributed by atoms with Crippen LogP contribution in [-0.2, 0) is 4.79 Å². The number of carbonyl (C=O) groups excluding carboxylic acids is 2. The highest BCUT2D eigenvalue weighted by atomic mass is 16.2. The third kappa shape index (κ3) is 4.48. The van der Waals surface area contributed by atoms with Gasteiger partial charge in [-0.05, 0) is 6.92 Å². The van der Waals surface area contributed by atoms with Gasteiger partial charge in [0.15, 0.2) is 0 Å². The summed E-state index contributed by atoms with van der Waals surface area (Å²) in [6.07, 6.45) is 0.486. The van der Waals surface area contributed by atoms with E-state index >= 15 is 0 Å². The highest BCUT2D eigenvalue weighted by molar-refractivity contribution is 5.76. The van der Waals surface area contributed by atoms with E-state index in [1.54, 1.807) is 4.90 Å². The van der Waals surface area contributed by atoms with Crippen molar-refractivity contribution in [1.29, 1.82) is 0 Å². The van der Waals surface area contributed by atoms with Gasteiger partial charge in [0.2, 0.25) is 5.91 Å². The fourth-order valence-corrected chi connectivity index (χ4v) is 1.55. The van der Waals surface area contributed by atoms with Crippen molar-refractivity contribution in [2.24, 2.45) is 0 Å². The molecule has 0 unspecified atom stereocenters. The molecule has 1 saturated heterocycles. The van der Waals surface area contributed by atoms with E-state index in [1.165, 1.54) is 0 Å². The summed E-state index contributed by atoms with van der Waals surface area (Å²) in [4.78, 5) is 24.0. The van der Waals surface area contributed by atoms with Crippen LogP contribution in [0.5, 0.6) is 0 Å². The quantitative estimate of drug-likeness (QED) is 0.496. The number of hydrogen-bond donors (Lipinski definition) is 3. The lowest BCUT2D eigenvalue weighted by atomic mass is 10.4. The first-order valence-electron chi connectivity index (χ1n) is 5.74. The van der Waals surface area contributed by atoms with Crippen LogP contribution in [0.1, 0.15) is 13.3 Å². The first kappa shape index (κ1) is 12.8. The Morgan fingerprint density at radius 2 is 2.31 bits per heavy atom. The number of urea groups is 1. The second-order valence-corrected chi connectivity index (χ2v) is 3.67. The van der Waals surface area contributed by atoms with Gasteiger partial charge < -0.3 is 20.9 Å². The number of rotatable bonds is 7. The second kappa shape index (κ2) is 7.05. The molecule has 3 N–H and O–H groups in total. The first-order chi connectivity index (χ1) is 7.74. The predicted molar refractivity (Wildman–Crippen MR) is 61.1 cm³/mol. The Bertz CT molecular complexity index is 245. The summed E-state index contributed by atoms with van der Waals surface area (Å²) in [6.45, 7) is 6.16. The molecule has 0 aromatic rings. The van der Waals surface area contributed by atoms with Crippen molar-refractivity contribution in [2.45, 2.75) is 13.3 Å². The molecule has 0 aliphatic carbocycles. The molecule has 16 heavy (non-hydrogen) atoms. The van der Waals surface area contributed by atoms with E-state index < -0.39 is 0 Å². The van der Waals surface area contributed by atoms with Crippen molar-refractivity contribution in [3.63, 3.8) is 0 Å². The molecular formula is C10H20N4O2.